The number of hydrogen-bond acceptors (Lipinski definition) is 2. The maximum Gasteiger partial charge on any atom is 0.0710 e. The fourth-order valence-electron chi connectivity index (χ4n) is 1.13. The van der Waals surface area contributed by atoms with Crippen LogP contribution in [0.5, 0.6) is 0 Å². The Labute approximate surface area is 115 Å². The van der Waals surface area contributed by atoms with Crippen molar-refractivity contribution in [3.05, 3.63) is 35.6 Å². The summed E-state index contributed by atoms with van der Waals surface area (Å²) in [6.07, 6.45) is 9.45. The first-order valence-electron chi connectivity index (χ1n) is 7.11. The van der Waals surface area contributed by atoms with Gasteiger partial charge in [0, 0.05) is 19.9 Å². The Morgan fingerprint density at radius 1 is 1.00 bits per heavy atom. The zero-order chi connectivity index (χ0) is 14.8. The van der Waals surface area contributed by atoms with Crippen LogP contribution >= 0.6 is 0 Å². The third-order valence-corrected chi connectivity index (χ3v) is 1.79. The molecule has 1 aliphatic carbocycles. The van der Waals surface area contributed by atoms with E-state index in [2.05, 4.69) is 29.6 Å². The van der Waals surface area contributed by atoms with Gasteiger partial charge in [0.1, 0.15) is 0 Å². The molecule has 0 amide bonds. The van der Waals surface area contributed by atoms with E-state index in [4.69, 9.17) is 4.74 Å². The van der Waals surface area contributed by atoms with Gasteiger partial charge in [-0.05, 0) is 18.1 Å². The number of ether oxygens (including phenoxy) is 1. The Morgan fingerprint density at radius 2 is 1.56 bits per heavy atom. The fraction of sp³-hybridized carbons (Fsp3) is 0.625. The Bertz CT molecular complexity index is 227. The number of methoxy groups -OCH3 is 1. The van der Waals surface area contributed by atoms with E-state index in [1.807, 2.05) is 48.6 Å². The van der Waals surface area contributed by atoms with Gasteiger partial charge in [0.05, 0.1) is 6.61 Å². The molecule has 0 bridgehead atoms. The summed E-state index contributed by atoms with van der Waals surface area (Å²) in [5.41, 5.74) is 2.40. The average molecular weight is 255 g/mol. The number of allylic oxidation sites excluding steroid dienone is 3. The second-order valence-electron chi connectivity index (χ2n) is 2.69. The van der Waals surface area contributed by atoms with Crippen LogP contribution in [-0.2, 0) is 4.74 Å². The molecule has 0 aromatic carbocycles. The van der Waals surface area contributed by atoms with Gasteiger partial charge in [-0.2, -0.15) is 0 Å². The first-order chi connectivity index (χ1) is 8.86. The summed E-state index contributed by atoms with van der Waals surface area (Å²) >= 11 is 0. The molecule has 0 spiro atoms. The maximum atomic E-state index is 5.04. The molecule has 2 nitrogen and oxygen atoms in total. The van der Waals surface area contributed by atoms with Gasteiger partial charge in [-0.25, -0.2) is 0 Å². The minimum absolute atomic E-state index is 0.696. The third-order valence-electron chi connectivity index (χ3n) is 1.79. The highest BCUT2D eigenvalue weighted by Gasteiger charge is 1.95. The van der Waals surface area contributed by atoms with Crippen LogP contribution in [0.15, 0.2) is 35.6 Å². The van der Waals surface area contributed by atoms with Gasteiger partial charge in [0.2, 0.25) is 0 Å². The third kappa shape index (κ3) is 13.0. The molecule has 0 atom stereocenters. The molecule has 1 aliphatic rings. The molecule has 2 heteroatoms. The molecular weight excluding hydrogens is 222 g/mol. The predicted octanol–water partition coefficient (Wildman–Crippen LogP) is 4.70. The molecule has 0 heterocycles. The fourth-order valence-corrected chi connectivity index (χ4v) is 1.13. The lowest BCUT2D eigenvalue weighted by Crippen LogP contribution is -2.02. The summed E-state index contributed by atoms with van der Waals surface area (Å²) in [6, 6.07) is 0. The smallest absolute Gasteiger partial charge is 0.0710 e. The van der Waals surface area contributed by atoms with Gasteiger partial charge >= 0.3 is 0 Å². The van der Waals surface area contributed by atoms with Crippen molar-refractivity contribution in [2.75, 3.05) is 20.8 Å². The average Bonchev–Trinajstić information content (AvgIpc) is 2.71. The summed E-state index contributed by atoms with van der Waals surface area (Å²) in [4.78, 5) is 0. The predicted molar refractivity (Wildman–Crippen MR) is 84.9 cm³/mol. The highest BCUT2D eigenvalue weighted by atomic mass is 16.5. The van der Waals surface area contributed by atoms with E-state index in [-0.39, 0.29) is 0 Å². The highest BCUT2D eigenvalue weighted by molar-refractivity contribution is 5.31. The maximum absolute atomic E-state index is 5.04. The van der Waals surface area contributed by atoms with Crippen molar-refractivity contribution in [1.29, 1.82) is 0 Å². The van der Waals surface area contributed by atoms with Crippen LogP contribution in [-0.4, -0.2) is 20.8 Å². The van der Waals surface area contributed by atoms with Crippen LogP contribution in [0, 0.1) is 0 Å². The summed E-state index contributed by atoms with van der Waals surface area (Å²) in [6.45, 7) is 12.7. The minimum Gasteiger partial charge on any atom is -0.388 e. The quantitative estimate of drug-likeness (QED) is 0.789. The van der Waals surface area contributed by atoms with Crippen molar-refractivity contribution >= 4 is 0 Å². The second-order valence-corrected chi connectivity index (χ2v) is 2.69. The lowest BCUT2D eigenvalue weighted by atomic mass is 10.2. The van der Waals surface area contributed by atoms with Crippen molar-refractivity contribution < 1.29 is 4.74 Å². The van der Waals surface area contributed by atoms with Crippen molar-refractivity contribution in [2.45, 2.75) is 48.0 Å². The van der Waals surface area contributed by atoms with Gasteiger partial charge in [0.15, 0.2) is 0 Å². The minimum atomic E-state index is 0.696. The zero-order valence-corrected chi connectivity index (χ0v) is 13.6. The molecule has 18 heavy (non-hydrogen) atoms. The lowest BCUT2D eigenvalue weighted by molar-refractivity contribution is 0.228. The van der Waals surface area contributed by atoms with Crippen molar-refractivity contribution in [1.82, 2.24) is 5.32 Å². The Kier molecular flexibility index (Phi) is 26.2. The molecular formula is C16H33NO. The van der Waals surface area contributed by atoms with Gasteiger partial charge in [-0.15, -0.1) is 0 Å². The number of hydrogen-bond donors (Lipinski definition) is 1. The topological polar surface area (TPSA) is 21.3 Å². The Morgan fingerprint density at radius 3 is 2.00 bits per heavy atom. The van der Waals surface area contributed by atoms with Gasteiger partial charge in [0.25, 0.3) is 0 Å². The SMILES string of the molecule is CC.CC.CC.CNC1=CCC=C(COC)C=C1. The molecule has 0 radical (unpaired) electrons. The normalized spacial score (nSPS) is 12.0. The monoisotopic (exact) mass is 255 g/mol. The van der Waals surface area contributed by atoms with E-state index in [0.717, 1.165) is 12.1 Å². The molecule has 108 valence electrons. The molecule has 1 N–H and O–H groups in total. The van der Waals surface area contributed by atoms with Crippen LogP contribution < -0.4 is 5.32 Å². The van der Waals surface area contributed by atoms with Crippen LogP contribution in [0.3, 0.4) is 0 Å². The van der Waals surface area contributed by atoms with Crippen molar-refractivity contribution in [2.24, 2.45) is 0 Å². The first kappa shape index (κ1) is 22.2. The highest BCUT2D eigenvalue weighted by Crippen LogP contribution is 2.08. The largest absolute Gasteiger partial charge is 0.388 e. The first-order valence-corrected chi connectivity index (χ1v) is 7.11. The molecule has 0 saturated carbocycles. The Hall–Kier alpha value is -1.02. The van der Waals surface area contributed by atoms with E-state index < -0.39 is 0 Å². The number of rotatable bonds is 3. The van der Waals surface area contributed by atoms with Crippen LogP contribution in [0.4, 0.5) is 0 Å². The Balaban J connectivity index is -0.000000328. The molecule has 0 fully saturated rings. The zero-order valence-electron chi connectivity index (χ0n) is 13.6. The summed E-state index contributed by atoms with van der Waals surface area (Å²) < 4.78 is 5.04. The van der Waals surface area contributed by atoms with E-state index in [1.165, 1.54) is 5.57 Å². The molecule has 0 saturated heterocycles. The second kappa shape index (κ2) is 21.3. The lowest BCUT2D eigenvalue weighted by Gasteiger charge is -1.98. The van der Waals surface area contributed by atoms with Crippen molar-refractivity contribution in [3.63, 3.8) is 0 Å². The molecule has 0 unspecified atom stereocenters. The summed E-state index contributed by atoms with van der Waals surface area (Å²) in [5, 5.41) is 3.11. The van der Waals surface area contributed by atoms with E-state index in [0.29, 0.717) is 6.61 Å². The molecule has 0 aromatic rings. The molecule has 1 rings (SSSR count). The van der Waals surface area contributed by atoms with Crippen LogP contribution in [0.1, 0.15) is 48.0 Å². The molecule has 0 aromatic heterocycles. The van der Waals surface area contributed by atoms with Gasteiger partial charge in [-0.1, -0.05) is 59.8 Å². The number of likely N-dealkylation sites (N-methyl/N-ethyl adjacent to an activating group) is 1. The van der Waals surface area contributed by atoms with E-state index in [9.17, 15) is 0 Å². The van der Waals surface area contributed by atoms with Crippen LogP contribution in [0.2, 0.25) is 0 Å². The summed E-state index contributed by atoms with van der Waals surface area (Å²) in [7, 11) is 3.64. The summed E-state index contributed by atoms with van der Waals surface area (Å²) in [5.74, 6) is 0. The van der Waals surface area contributed by atoms with Crippen LogP contribution in [0.25, 0.3) is 0 Å². The molecule has 0 aliphatic heterocycles. The standard InChI is InChI=1S/C10H15NO.3C2H6/c1-11-10-5-3-4-9(6-7-10)8-12-2;3*1-2/h4-7,11H,3,8H2,1-2H3;3*1-2H3. The van der Waals surface area contributed by atoms with E-state index in [1.54, 1.807) is 7.11 Å². The van der Waals surface area contributed by atoms with Gasteiger partial charge < -0.3 is 10.1 Å². The van der Waals surface area contributed by atoms with Gasteiger partial charge in [-0.3, -0.25) is 0 Å². The number of nitrogens with one attached hydrogen (secondary N) is 1. The van der Waals surface area contributed by atoms with E-state index >= 15 is 0 Å². The van der Waals surface area contributed by atoms with Crippen molar-refractivity contribution in [3.8, 4) is 0 Å².